The maximum Gasteiger partial charge on any atom is 0.326 e. The number of hydrogen-bond acceptors (Lipinski definition) is 5. The first-order chi connectivity index (χ1) is 13.2. The summed E-state index contributed by atoms with van der Waals surface area (Å²) in [6.45, 7) is 5.15. The summed E-state index contributed by atoms with van der Waals surface area (Å²) in [4.78, 5) is 19.6. The maximum atomic E-state index is 13.4. The molecule has 7 nitrogen and oxygen atoms in total. The van der Waals surface area contributed by atoms with Gasteiger partial charge in [0.2, 0.25) is 0 Å². The molecule has 5 N–H and O–H groups in total. The number of likely N-dealkylation sites (tertiary alicyclic amines) is 1. The van der Waals surface area contributed by atoms with Crippen LogP contribution in [0.15, 0.2) is 36.2 Å². The highest BCUT2D eigenvalue weighted by Crippen LogP contribution is 2.28. The number of carbonyl (C=O) groups excluding carboxylic acids is 1. The van der Waals surface area contributed by atoms with Crippen LogP contribution in [0, 0.1) is 0 Å². The smallest absolute Gasteiger partial charge is 0.326 e. The molecule has 27 heavy (non-hydrogen) atoms. The molecule has 1 aromatic rings. The molecule has 2 fully saturated rings. The summed E-state index contributed by atoms with van der Waals surface area (Å²) in [6, 6.07) is 8.48. The van der Waals surface area contributed by atoms with Crippen molar-refractivity contribution in [2.45, 2.75) is 38.0 Å². The van der Waals surface area contributed by atoms with E-state index in [0.29, 0.717) is 13.1 Å². The van der Waals surface area contributed by atoms with Gasteiger partial charge in [0, 0.05) is 45.3 Å². The van der Waals surface area contributed by atoms with Gasteiger partial charge in [0.05, 0.1) is 12.6 Å². The molecular weight excluding hydrogens is 340 g/mol. The molecule has 0 aromatic heterocycles. The summed E-state index contributed by atoms with van der Waals surface area (Å²) < 4.78 is 0. The molecule has 0 spiro atoms. The van der Waals surface area contributed by atoms with Crippen molar-refractivity contribution in [1.82, 2.24) is 20.0 Å². The molecule has 3 heterocycles. The number of benzene rings is 1. The zero-order chi connectivity index (χ0) is 18.8. The lowest BCUT2D eigenvalue weighted by Gasteiger charge is -2.47. The van der Waals surface area contributed by atoms with E-state index in [2.05, 4.69) is 22.4 Å². The fraction of sp³-hybridized carbons (Fsp3) is 0.550. The second-order valence-electron chi connectivity index (χ2n) is 7.68. The highest BCUT2D eigenvalue weighted by Gasteiger charge is 2.38. The van der Waals surface area contributed by atoms with Gasteiger partial charge < -0.3 is 26.6 Å². The van der Waals surface area contributed by atoms with Crippen LogP contribution in [-0.4, -0.2) is 65.5 Å². The molecule has 0 saturated carbocycles. The number of nitrogens with two attached hydrogens (primary N) is 2. The maximum absolute atomic E-state index is 13.4. The Morgan fingerprint density at radius 3 is 2.78 bits per heavy atom. The minimum absolute atomic E-state index is 0.0879. The van der Waals surface area contributed by atoms with E-state index in [0.717, 1.165) is 62.5 Å². The summed E-state index contributed by atoms with van der Waals surface area (Å²) in [6.07, 6.45) is 4.36. The predicted molar refractivity (Wildman–Crippen MR) is 106 cm³/mol. The molecule has 0 aliphatic carbocycles. The zero-order valence-electron chi connectivity index (χ0n) is 15.8. The molecule has 2 saturated heterocycles. The molecule has 7 heteroatoms. The van der Waals surface area contributed by atoms with E-state index in [9.17, 15) is 4.79 Å². The Kier molecular flexibility index (Phi) is 5.33. The van der Waals surface area contributed by atoms with Gasteiger partial charge in [-0.1, -0.05) is 24.3 Å². The van der Waals surface area contributed by atoms with E-state index in [1.54, 1.807) is 0 Å². The number of fused-ring (bicyclic) bond motifs is 1. The normalized spacial score (nSPS) is 26.1. The average Bonchev–Trinajstić information content (AvgIpc) is 2.70. The summed E-state index contributed by atoms with van der Waals surface area (Å²) >= 11 is 0. The van der Waals surface area contributed by atoms with Crippen molar-refractivity contribution in [1.29, 1.82) is 0 Å². The van der Waals surface area contributed by atoms with Crippen LogP contribution in [0.4, 0.5) is 4.79 Å². The Hall–Kier alpha value is -2.09. The molecule has 4 rings (SSSR count). The van der Waals surface area contributed by atoms with Crippen LogP contribution in [0.3, 0.4) is 0 Å². The molecule has 2 atom stereocenters. The third-order valence-corrected chi connectivity index (χ3v) is 5.83. The van der Waals surface area contributed by atoms with Crippen LogP contribution in [-0.2, 0) is 13.1 Å². The Balaban J connectivity index is 1.67. The fourth-order valence-corrected chi connectivity index (χ4v) is 4.35. The summed E-state index contributed by atoms with van der Waals surface area (Å²) in [5, 5.41) is 3.40. The number of piperidine rings is 1. The van der Waals surface area contributed by atoms with E-state index in [1.165, 1.54) is 0 Å². The van der Waals surface area contributed by atoms with E-state index >= 15 is 0 Å². The van der Waals surface area contributed by atoms with E-state index in [1.807, 2.05) is 28.0 Å². The van der Waals surface area contributed by atoms with Crippen molar-refractivity contribution in [2.75, 3.05) is 32.7 Å². The quantitative estimate of drug-likeness (QED) is 0.723. The number of nitrogens with one attached hydrogen (secondary N) is 1. The number of nitrogens with zero attached hydrogens (tertiary/aromatic N) is 3. The number of amides is 2. The molecule has 2 amide bonds. The molecule has 3 aliphatic heterocycles. The Morgan fingerprint density at radius 1 is 1.19 bits per heavy atom. The van der Waals surface area contributed by atoms with Crippen molar-refractivity contribution >= 4 is 6.03 Å². The van der Waals surface area contributed by atoms with Crippen molar-refractivity contribution in [2.24, 2.45) is 11.5 Å². The molecule has 2 unspecified atom stereocenters. The van der Waals surface area contributed by atoms with Crippen LogP contribution in [0.2, 0.25) is 0 Å². The lowest BCUT2D eigenvalue weighted by atomic mass is 10.0. The van der Waals surface area contributed by atoms with E-state index in [4.69, 9.17) is 11.5 Å². The Bertz CT molecular complexity index is 720. The third-order valence-electron chi connectivity index (χ3n) is 5.83. The molecule has 146 valence electrons. The van der Waals surface area contributed by atoms with Crippen molar-refractivity contribution in [3.8, 4) is 0 Å². The molecular formula is C20H30N6O. The van der Waals surface area contributed by atoms with Crippen LogP contribution in [0.25, 0.3) is 0 Å². The summed E-state index contributed by atoms with van der Waals surface area (Å²) in [5.41, 5.74) is 14.4. The van der Waals surface area contributed by atoms with Gasteiger partial charge in [-0.3, -0.25) is 4.90 Å². The number of hydrogen-bond donors (Lipinski definition) is 3. The molecule has 0 bridgehead atoms. The third kappa shape index (κ3) is 3.67. The highest BCUT2D eigenvalue weighted by molar-refractivity contribution is 5.78. The van der Waals surface area contributed by atoms with Crippen LogP contribution in [0.1, 0.15) is 24.0 Å². The molecule has 1 aromatic carbocycles. The molecule has 0 radical (unpaired) electrons. The molecule has 3 aliphatic rings. The van der Waals surface area contributed by atoms with Crippen molar-refractivity contribution in [3.63, 3.8) is 0 Å². The standard InChI is InChI=1S/C20H30N6O/c21-11-15-4-1-2-5-16(15)13-26-19(24-8-3-6-17(22)14-24)10-18-12-23-7-9-25(18)20(26)27/h1-2,4-5,10,17-18,23H,3,6-9,11-14,21-22H2. The van der Waals surface area contributed by atoms with Gasteiger partial charge in [-0.2, -0.15) is 0 Å². The average molecular weight is 371 g/mol. The number of urea groups is 1. The zero-order valence-corrected chi connectivity index (χ0v) is 15.8. The highest BCUT2D eigenvalue weighted by atomic mass is 16.2. The monoisotopic (exact) mass is 370 g/mol. The van der Waals surface area contributed by atoms with Gasteiger partial charge in [-0.25, -0.2) is 4.79 Å². The van der Waals surface area contributed by atoms with Crippen LogP contribution < -0.4 is 16.8 Å². The minimum atomic E-state index is 0.0879. The van der Waals surface area contributed by atoms with Gasteiger partial charge in [0.1, 0.15) is 5.82 Å². The van der Waals surface area contributed by atoms with Gasteiger partial charge in [-0.15, -0.1) is 0 Å². The summed E-state index contributed by atoms with van der Waals surface area (Å²) in [5.74, 6) is 1.01. The van der Waals surface area contributed by atoms with Crippen molar-refractivity contribution < 1.29 is 4.79 Å². The largest absolute Gasteiger partial charge is 0.357 e. The van der Waals surface area contributed by atoms with Gasteiger partial charge in [0.25, 0.3) is 0 Å². The van der Waals surface area contributed by atoms with E-state index < -0.39 is 0 Å². The Morgan fingerprint density at radius 2 is 2.00 bits per heavy atom. The Labute approximate surface area is 161 Å². The first kappa shape index (κ1) is 18.3. The first-order valence-corrected chi connectivity index (χ1v) is 9.95. The lowest BCUT2D eigenvalue weighted by Crippen LogP contribution is -2.61. The fourth-order valence-electron chi connectivity index (χ4n) is 4.35. The number of carbonyl (C=O) groups is 1. The minimum Gasteiger partial charge on any atom is -0.357 e. The number of piperazine rings is 1. The SMILES string of the molecule is NCc1ccccc1CN1C(=O)N2CCNCC2C=C1N1CCCC(N)C1. The van der Waals surface area contributed by atoms with Gasteiger partial charge >= 0.3 is 6.03 Å². The summed E-state index contributed by atoms with van der Waals surface area (Å²) in [7, 11) is 0. The topological polar surface area (TPSA) is 90.9 Å². The lowest BCUT2D eigenvalue weighted by molar-refractivity contribution is 0.101. The number of rotatable bonds is 4. The van der Waals surface area contributed by atoms with E-state index in [-0.39, 0.29) is 18.1 Å². The van der Waals surface area contributed by atoms with Crippen LogP contribution in [0.5, 0.6) is 0 Å². The predicted octanol–water partition coefficient (Wildman–Crippen LogP) is 0.619. The second kappa shape index (κ2) is 7.88. The van der Waals surface area contributed by atoms with Gasteiger partial charge in [0.15, 0.2) is 0 Å². The van der Waals surface area contributed by atoms with Gasteiger partial charge in [-0.05, 0) is 30.0 Å². The van der Waals surface area contributed by atoms with Crippen molar-refractivity contribution in [3.05, 3.63) is 47.3 Å². The van der Waals surface area contributed by atoms with Crippen LogP contribution >= 0.6 is 0 Å². The second-order valence-corrected chi connectivity index (χ2v) is 7.68. The first-order valence-electron chi connectivity index (χ1n) is 9.95.